The summed E-state index contributed by atoms with van der Waals surface area (Å²) in [5, 5.41) is 6.51. The van der Waals surface area contributed by atoms with Crippen LogP contribution in [0.25, 0.3) is 0 Å². The molecule has 1 unspecified atom stereocenters. The molecule has 0 fully saturated rings. The maximum absolute atomic E-state index is 4.47. The second kappa shape index (κ2) is 5.14. The minimum Gasteiger partial charge on any atom is -0.360 e. The van der Waals surface area contributed by atoms with E-state index in [0.717, 1.165) is 21.0 Å². The van der Waals surface area contributed by atoms with E-state index < -0.39 is 0 Å². The van der Waals surface area contributed by atoms with Crippen LogP contribution in [0.5, 0.6) is 0 Å². The van der Waals surface area contributed by atoms with Crippen LogP contribution in [0.1, 0.15) is 29.2 Å². The Morgan fingerprint density at radius 1 is 1.41 bits per heavy atom. The monoisotopic (exact) mass is 311 g/mol. The van der Waals surface area contributed by atoms with Crippen LogP contribution in [-0.4, -0.2) is 9.97 Å². The third-order valence-electron chi connectivity index (χ3n) is 2.44. The minimum absolute atomic E-state index is 0.166. The molecular weight excluding hydrogens is 298 g/mol. The van der Waals surface area contributed by atoms with E-state index in [4.69, 9.17) is 0 Å². The van der Waals surface area contributed by atoms with Gasteiger partial charge in [-0.3, -0.25) is 0 Å². The van der Waals surface area contributed by atoms with Crippen molar-refractivity contribution >= 4 is 33.1 Å². The molecule has 1 atom stereocenters. The molecule has 0 bridgehead atoms. The summed E-state index contributed by atoms with van der Waals surface area (Å²) in [6, 6.07) is 2.15. The number of rotatable bonds is 3. The number of aryl methyl sites for hydroxylation is 2. The quantitative estimate of drug-likeness (QED) is 0.927. The van der Waals surface area contributed by atoms with Gasteiger partial charge in [-0.1, -0.05) is 0 Å². The summed E-state index contributed by atoms with van der Waals surface area (Å²) >= 11 is 5.21. The zero-order chi connectivity index (χ0) is 12.4. The lowest BCUT2D eigenvalue weighted by Crippen LogP contribution is -2.08. The summed E-state index contributed by atoms with van der Waals surface area (Å²) in [4.78, 5) is 8.80. The minimum atomic E-state index is 0.166. The van der Waals surface area contributed by atoms with Crippen molar-refractivity contribution in [2.24, 2.45) is 0 Å². The number of aromatic nitrogens is 2. The molecule has 2 aromatic heterocycles. The predicted molar refractivity (Wildman–Crippen MR) is 75.6 cm³/mol. The van der Waals surface area contributed by atoms with Gasteiger partial charge in [0.05, 0.1) is 10.5 Å². The molecule has 17 heavy (non-hydrogen) atoms. The molecule has 0 radical (unpaired) electrons. The first-order valence-corrected chi connectivity index (χ1v) is 7.05. The topological polar surface area (TPSA) is 37.8 Å². The van der Waals surface area contributed by atoms with Crippen molar-refractivity contribution in [2.45, 2.75) is 26.8 Å². The number of hydrogen-bond donors (Lipinski definition) is 1. The van der Waals surface area contributed by atoms with Crippen molar-refractivity contribution in [2.75, 3.05) is 5.32 Å². The molecule has 0 spiro atoms. The standard InChI is InChI=1S/C12H14BrN3S/c1-7-4-5-14-11(10(7)13)16-9(3)12-15-8(2)6-17-12/h4-6,9H,1-3H3,(H,14,16). The Morgan fingerprint density at radius 3 is 2.82 bits per heavy atom. The van der Waals surface area contributed by atoms with Gasteiger partial charge in [-0.05, 0) is 48.3 Å². The first-order chi connectivity index (χ1) is 8.08. The molecule has 0 aliphatic heterocycles. The highest BCUT2D eigenvalue weighted by molar-refractivity contribution is 9.10. The van der Waals surface area contributed by atoms with Crippen molar-refractivity contribution in [3.05, 3.63) is 38.4 Å². The normalized spacial score (nSPS) is 12.5. The van der Waals surface area contributed by atoms with Gasteiger partial charge in [0, 0.05) is 17.3 Å². The Kier molecular flexibility index (Phi) is 3.79. The highest BCUT2D eigenvalue weighted by Gasteiger charge is 2.12. The number of hydrogen-bond acceptors (Lipinski definition) is 4. The zero-order valence-corrected chi connectivity index (χ0v) is 12.4. The van der Waals surface area contributed by atoms with Crippen LogP contribution in [-0.2, 0) is 0 Å². The number of nitrogens with zero attached hydrogens (tertiary/aromatic N) is 2. The molecule has 0 saturated carbocycles. The Bertz CT molecular complexity index is 524. The van der Waals surface area contributed by atoms with Gasteiger partial charge in [-0.15, -0.1) is 11.3 Å². The van der Waals surface area contributed by atoms with Gasteiger partial charge >= 0.3 is 0 Å². The lowest BCUT2D eigenvalue weighted by Gasteiger charge is -2.14. The molecule has 0 saturated heterocycles. The van der Waals surface area contributed by atoms with Crippen molar-refractivity contribution < 1.29 is 0 Å². The fourth-order valence-electron chi connectivity index (χ4n) is 1.48. The molecule has 3 nitrogen and oxygen atoms in total. The van der Waals surface area contributed by atoms with E-state index in [1.807, 2.05) is 19.2 Å². The van der Waals surface area contributed by atoms with E-state index in [-0.39, 0.29) is 6.04 Å². The molecule has 2 heterocycles. The molecular formula is C12H14BrN3S. The van der Waals surface area contributed by atoms with Gasteiger partial charge in [0.2, 0.25) is 0 Å². The summed E-state index contributed by atoms with van der Waals surface area (Å²) in [6.07, 6.45) is 1.81. The summed E-state index contributed by atoms with van der Waals surface area (Å²) in [5.74, 6) is 0.866. The highest BCUT2D eigenvalue weighted by Crippen LogP contribution is 2.27. The van der Waals surface area contributed by atoms with Crippen molar-refractivity contribution in [3.8, 4) is 0 Å². The van der Waals surface area contributed by atoms with Gasteiger partial charge in [-0.25, -0.2) is 9.97 Å². The summed E-state index contributed by atoms with van der Waals surface area (Å²) < 4.78 is 1.01. The molecule has 2 aromatic rings. The van der Waals surface area contributed by atoms with Crippen LogP contribution < -0.4 is 5.32 Å². The van der Waals surface area contributed by atoms with Crippen molar-refractivity contribution in [1.82, 2.24) is 9.97 Å². The zero-order valence-electron chi connectivity index (χ0n) is 9.99. The highest BCUT2D eigenvalue weighted by atomic mass is 79.9. The SMILES string of the molecule is Cc1csc(C(C)Nc2nccc(C)c2Br)n1. The number of nitrogens with one attached hydrogen (secondary N) is 1. The molecule has 5 heteroatoms. The van der Waals surface area contributed by atoms with Crippen LogP contribution in [0.15, 0.2) is 22.1 Å². The third kappa shape index (κ3) is 2.84. The first kappa shape index (κ1) is 12.5. The number of pyridine rings is 1. The fourth-order valence-corrected chi connectivity index (χ4v) is 2.63. The molecule has 90 valence electrons. The molecule has 1 N–H and O–H groups in total. The Labute approximate surface area is 113 Å². The molecule has 0 amide bonds. The average molecular weight is 312 g/mol. The number of thiazole rings is 1. The Hall–Kier alpha value is -0.940. The molecule has 0 aliphatic rings. The summed E-state index contributed by atoms with van der Waals surface area (Å²) in [5.41, 5.74) is 2.24. The second-order valence-corrected chi connectivity index (χ2v) is 5.67. The van der Waals surface area contributed by atoms with Crippen molar-refractivity contribution in [1.29, 1.82) is 0 Å². The number of halogens is 1. The van der Waals surface area contributed by atoms with E-state index in [1.54, 1.807) is 11.3 Å². The largest absolute Gasteiger partial charge is 0.360 e. The van der Waals surface area contributed by atoms with Gasteiger partial charge in [0.25, 0.3) is 0 Å². The fraction of sp³-hybridized carbons (Fsp3) is 0.333. The van der Waals surface area contributed by atoms with E-state index in [1.165, 1.54) is 5.56 Å². The summed E-state index contributed by atoms with van der Waals surface area (Å²) in [6.45, 7) is 6.15. The second-order valence-electron chi connectivity index (χ2n) is 3.98. The first-order valence-electron chi connectivity index (χ1n) is 5.37. The van der Waals surface area contributed by atoms with E-state index >= 15 is 0 Å². The van der Waals surface area contributed by atoms with Crippen molar-refractivity contribution in [3.63, 3.8) is 0 Å². The average Bonchev–Trinajstić information content (AvgIpc) is 2.72. The maximum Gasteiger partial charge on any atom is 0.141 e. The third-order valence-corrected chi connectivity index (χ3v) is 4.59. The van der Waals surface area contributed by atoms with Gasteiger partial charge < -0.3 is 5.32 Å². The van der Waals surface area contributed by atoms with E-state index in [2.05, 4.69) is 50.4 Å². The smallest absolute Gasteiger partial charge is 0.141 e. The lowest BCUT2D eigenvalue weighted by molar-refractivity contribution is 0.853. The van der Waals surface area contributed by atoms with Gasteiger partial charge in [-0.2, -0.15) is 0 Å². The van der Waals surface area contributed by atoms with Gasteiger partial charge in [0.15, 0.2) is 0 Å². The van der Waals surface area contributed by atoms with Gasteiger partial charge in [0.1, 0.15) is 10.8 Å². The van der Waals surface area contributed by atoms with E-state index in [0.29, 0.717) is 0 Å². The van der Waals surface area contributed by atoms with Crippen LogP contribution in [0.3, 0.4) is 0 Å². The lowest BCUT2D eigenvalue weighted by atomic mass is 10.3. The van der Waals surface area contributed by atoms with Crippen LogP contribution in [0.4, 0.5) is 5.82 Å². The molecule has 2 rings (SSSR count). The molecule has 0 aliphatic carbocycles. The summed E-state index contributed by atoms with van der Waals surface area (Å²) in [7, 11) is 0. The molecule has 0 aromatic carbocycles. The van der Waals surface area contributed by atoms with Crippen LogP contribution in [0, 0.1) is 13.8 Å². The van der Waals surface area contributed by atoms with Crippen LogP contribution >= 0.6 is 27.3 Å². The maximum atomic E-state index is 4.47. The Morgan fingerprint density at radius 2 is 2.18 bits per heavy atom. The van der Waals surface area contributed by atoms with E-state index in [9.17, 15) is 0 Å². The Balaban J connectivity index is 2.18. The predicted octanol–water partition coefficient (Wildman–Crippen LogP) is 4.09. The number of anilines is 1. The van der Waals surface area contributed by atoms with Crippen LogP contribution in [0.2, 0.25) is 0 Å².